The van der Waals surface area contributed by atoms with E-state index in [9.17, 15) is 10.1 Å². The summed E-state index contributed by atoms with van der Waals surface area (Å²) in [4.78, 5) is 19.9. The van der Waals surface area contributed by atoms with Crippen LogP contribution in [0.3, 0.4) is 0 Å². The quantitative estimate of drug-likeness (QED) is 0.929. The van der Waals surface area contributed by atoms with Gasteiger partial charge in [-0.3, -0.25) is 4.79 Å². The van der Waals surface area contributed by atoms with E-state index in [4.69, 9.17) is 11.6 Å². The van der Waals surface area contributed by atoms with Gasteiger partial charge in [-0.25, -0.2) is 9.97 Å². The molecule has 0 unspecified atom stereocenters. The molecule has 1 aliphatic rings. The first-order valence-corrected chi connectivity index (χ1v) is 7.17. The number of rotatable bonds is 3. The topological polar surface area (TPSA) is 78.7 Å². The van der Waals surface area contributed by atoms with Crippen molar-refractivity contribution < 1.29 is 4.79 Å². The van der Waals surface area contributed by atoms with E-state index in [1.54, 1.807) is 0 Å². The normalized spacial score (nSPS) is 25.8. The maximum atomic E-state index is 12.1. The molecule has 1 amide bonds. The van der Waals surface area contributed by atoms with Crippen LogP contribution >= 0.6 is 11.6 Å². The van der Waals surface area contributed by atoms with Crippen molar-refractivity contribution in [2.24, 2.45) is 5.92 Å². The Morgan fingerprint density at radius 1 is 1.50 bits per heavy atom. The van der Waals surface area contributed by atoms with E-state index in [0.717, 1.165) is 19.3 Å². The summed E-state index contributed by atoms with van der Waals surface area (Å²) in [6.07, 6.45) is 7.08. The summed E-state index contributed by atoms with van der Waals surface area (Å²) in [6.45, 7) is 2.16. The Labute approximate surface area is 123 Å². The standard InChI is InChI=1S/C14H17ClN4O/c1-2-10-3-5-14(9-16,6-4-10)19-13(20)11-7-18-12(15)8-17-11/h7-8,10H,2-6H2,1H3,(H,19,20). The molecule has 20 heavy (non-hydrogen) atoms. The van der Waals surface area contributed by atoms with Crippen LogP contribution in [0, 0.1) is 17.2 Å². The molecule has 5 nitrogen and oxygen atoms in total. The molecular formula is C14H17ClN4O. The summed E-state index contributed by atoms with van der Waals surface area (Å²) in [5, 5.41) is 12.5. The summed E-state index contributed by atoms with van der Waals surface area (Å²) < 4.78 is 0. The number of carbonyl (C=O) groups excluding carboxylic acids is 1. The SMILES string of the molecule is CCC1CCC(C#N)(NC(=O)c2cnc(Cl)cn2)CC1. The summed E-state index contributed by atoms with van der Waals surface area (Å²) in [5.74, 6) is 0.286. The molecule has 1 heterocycles. The molecule has 0 spiro atoms. The van der Waals surface area contributed by atoms with Crippen molar-refractivity contribution in [3.63, 3.8) is 0 Å². The second kappa shape index (κ2) is 6.19. The summed E-state index contributed by atoms with van der Waals surface area (Å²) in [5.41, 5.74) is -0.592. The number of aromatic nitrogens is 2. The number of nitrogens with one attached hydrogen (secondary N) is 1. The van der Waals surface area contributed by atoms with Gasteiger partial charge >= 0.3 is 0 Å². The van der Waals surface area contributed by atoms with Gasteiger partial charge in [0.25, 0.3) is 5.91 Å². The van der Waals surface area contributed by atoms with Gasteiger partial charge < -0.3 is 5.32 Å². The highest BCUT2D eigenvalue weighted by molar-refractivity contribution is 6.29. The van der Waals surface area contributed by atoms with Crippen LogP contribution in [0.1, 0.15) is 49.5 Å². The van der Waals surface area contributed by atoms with E-state index in [-0.39, 0.29) is 16.8 Å². The lowest BCUT2D eigenvalue weighted by Crippen LogP contribution is -2.49. The summed E-state index contributed by atoms with van der Waals surface area (Å²) >= 11 is 5.64. The second-order valence-electron chi connectivity index (χ2n) is 5.22. The number of carbonyl (C=O) groups is 1. The fourth-order valence-corrected chi connectivity index (χ4v) is 2.65. The van der Waals surface area contributed by atoms with Crippen molar-refractivity contribution in [1.82, 2.24) is 15.3 Å². The maximum absolute atomic E-state index is 12.1. The molecule has 1 aliphatic carbocycles. The average molecular weight is 293 g/mol. The van der Waals surface area contributed by atoms with Crippen molar-refractivity contribution >= 4 is 17.5 Å². The van der Waals surface area contributed by atoms with Gasteiger partial charge in [0.2, 0.25) is 0 Å². The van der Waals surface area contributed by atoms with Crippen molar-refractivity contribution in [3.8, 4) is 6.07 Å². The molecule has 6 heteroatoms. The van der Waals surface area contributed by atoms with E-state index >= 15 is 0 Å². The third-order valence-electron chi connectivity index (χ3n) is 3.96. The van der Waals surface area contributed by atoms with Crippen LogP contribution in [-0.2, 0) is 0 Å². The Morgan fingerprint density at radius 3 is 2.70 bits per heavy atom. The van der Waals surface area contributed by atoms with Crippen LogP contribution in [0.4, 0.5) is 0 Å². The molecule has 0 atom stereocenters. The van der Waals surface area contributed by atoms with Gasteiger partial charge in [-0.15, -0.1) is 0 Å². The molecule has 0 saturated heterocycles. The Kier molecular flexibility index (Phi) is 4.56. The fraction of sp³-hybridized carbons (Fsp3) is 0.571. The van der Waals surface area contributed by atoms with Gasteiger partial charge in [0.1, 0.15) is 16.4 Å². The minimum Gasteiger partial charge on any atom is -0.332 e. The first-order chi connectivity index (χ1) is 9.58. The van der Waals surface area contributed by atoms with Crippen molar-refractivity contribution in [3.05, 3.63) is 23.2 Å². The largest absolute Gasteiger partial charge is 0.332 e. The van der Waals surface area contributed by atoms with E-state index < -0.39 is 5.54 Å². The first kappa shape index (κ1) is 14.7. The number of halogens is 1. The Hall–Kier alpha value is -1.67. The van der Waals surface area contributed by atoms with E-state index in [1.165, 1.54) is 12.4 Å². The number of hydrogen-bond acceptors (Lipinski definition) is 4. The lowest BCUT2D eigenvalue weighted by atomic mass is 9.76. The van der Waals surface area contributed by atoms with Gasteiger partial charge in [-0.1, -0.05) is 24.9 Å². The third kappa shape index (κ3) is 3.26. The van der Waals surface area contributed by atoms with Crippen LogP contribution in [-0.4, -0.2) is 21.4 Å². The zero-order chi connectivity index (χ0) is 14.6. The molecule has 1 saturated carbocycles. The summed E-state index contributed by atoms with van der Waals surface area (Å²) in [6, 6.07) is 2.27. The first-order valence-electron chi connectivity index (χ1n) is 6.80. The average Bonchev–Trinajstić information content (AvgIpc) is 2.48. The van der Waals surface area contributed by atoms with Crippen LogP contribution < -0.4 is 5.32 Å². The Morgan fingerprint density at radius 2 is 2.20 bits per heavy atom. The molecule has 2 rings (SSSR count). The minimum atomic E-state index is -0.774. The third-order valence-corrected chi connectivity index (χ3v) is 4.15. The zero-order valence-corrected chi connectivity index (χ0v) is 12.2. The van der Waals surface area contributed by atoms with Gasteiger partial charge in [-0.05, 0) is 31.6 Å². The van der Waals surface area contributed by atoms with Crippen LogP contribution in [0.2, 0.25) is 5.15 Å². The molecule has 0 aromatic carbocycles. The van der Waals surface area contributed by atoms with Crippen LogP contribution in [0.15, 0.2) is 12.4 Å². The molecule has 1 aromatic heterocycles. The Balaban J connectivity index is 2.05. The molecular weight excluding hydrogens is 276 g/mol. The molecule has 0 aliphatic heterocycles. The molecule has 0 radical (unpaired) electrons. The highest BCUT2D eigenvalue weighted by atomic mass is 35.5. The molecule has 1 N–H and O–H groups in total. The molecule has 106 valence electrons. The highest BCUT2D eigenvalue weighted by Crippen LogP contribution is 2.33. The smallest absolute Gasteiger partial charge is 0.272 e. The fourth-order valence-electron chi connectivity index (χ4n) is 2.55. The predicted octanol–water partition coefficient (Wildman–Crippen LogP) is 2.72. The number of hydrogen-bond donors (Lipinski definition) is 1. The van der Waals surface area contributed by atoms with Crippen molar-refractivity contribution in [1.29, 1.82) is 5.26 Å². The van der Waals surface area contributed by atoms with Crippen LogP contribution in [0.5, 0.6) is 0 Å². The number of nitriles is 1. The van der Waals surface area contributed by atoms with E-state index in [0.29, 0.717) is 18.8 Å². The maximum Gasteiger partial charge on any atom is 0.272 e. The Bertz CT molecular complexity index is 515. The molecule has 1 fully saturated rings. The summed E-state index contributed by atoms with van der Waals surface area (Å²) in [7, 11) is 0. The van der Waals surface area contributed by atoms with Crippen molar-refractivity contribution in [2.45, 2.75) is 44.6 Å². The second-order valence-corrected chi connectivity index (χ2v) is 5.61. The lowest BCUT2D eigenvalue weighted by molar-refractivity contribution is 0.0885. The zero-order valence-electron chi connectivity index (χ0n) is 11.4. The number of amides is 1. The molecule has 0 bridgehead atoms. The van der Waals surface area contributed by atoms with Crippen LogP contribution in [0.25, 0.3) is 0 Å². The molecule has 1 aromatic rings. The van der Waals surface area contributed by atoms with E-state index in [2.05, 4.69) is 28.3 Å². The van der Waals surface area contributed by atoms with Gasteiger partial charge in [-0.2, -0.15) is 5.26 Å². The van der Waals surface area contributed by atoms with Crippen molar-refractivity contribution in [2.75, 3.05) is 0 Å². The van der Waals surface area contributed by atoms with Gasteiger partial charge in [0, 0.05) is 0 Å². The highest BCUT2D eigenvalue weighted by Gasteiger charge is 2.36. The van der Waals surface area contributed by atoms with Gasteiger partial charge in [0.15, 0.2) is 0 Å². The monoisotopic (exact) mass is 292 g/mol. The minimum absolute atomic E-state index is 0.182. The number of nitrogens with zero attached hydrogens (tertiary/aromatic N) is 3. The van der Waals surface area contributed by atoms with Gasteiger partial charge in [0.05, 0.1) is 18.5 Å². The lowest BCUT2D eigenvalue weighted by Gasteiger charge is -2.35. The predicted molar refractivity (Wildman–Crippen MR) is 75.1 cm³/mol. The van der Waals surface area contributed by atoms with E-state index in [1.807, 2.05) is 0 Å².